The lowest BCUT2D eigenvalue weighted by atomic mass is 10.0. The van der Waals surface area contributed by atoms with E-state index in [0.29, 0.717) is 23.5 Å². The third-order valence-corrected chi connectivity index (χ3v) is 9.87. The van der Waals surface area contributed by atoms with E-state index in [0.717, 1.165) is 34.6 Å². The van der Waals surface area contributed by atoms with Crippen molar-refractivity contribution in [3.63, 3.8) is 0 Å². The number of benzene rings is 4. The average molecular weight is 775 g/mol. The number of carbonyl (C=O) groups is 7. The summed E-state index contributed by atoms with van der Waals surface area (Å²) in [4.78, 5) is 86.2. The van der Waals surface area contributed by atoms with Crippen molar-refractivity contribution in [3.8, 4) is 0 Å². The van der Waals surface area contributed by atoms with Crippen LogP contribution in [0.5, 0.6) is 0 Å². The topological polar surface area (TPSA) is 145 Å². The zero-order chi connectivity index (χ0) is 40.9. The number of nitrogens with zero attached hydrogens (tertiary/aromatic N) is 4. The molecule has 5 aliphatic rings. The van der Waals surface area contributed by atoms with Gasteiger partial charge in [-0.3, -0.25) is 38.5 Å². The molecule has 4 aromatic rings. The molecule has 9 rings (SSSR count). The van der Waals surface area contributed by atoms with E-state index in [1.165, 1.54) is 57.4 Å². The van der Waals surface area contributed by atoms with Crippen molar-refractivity contribution in [3.05, 3.63) is 168 Å². The Kier molecular flexibility index (Phi) is 11.3. The highest BCUT2D eigenvalue weighted by Crippen LogP contribution is 2.35. The summed E-state index contributed by atoms with van der Waals surface area (Å²) in [6, 6.07) is 30.1. The minimum atomic E-state index is -0.322. The molecular weight excluding hydrogens is 737 g/mol. The molecule has 2 unspecified atom stereocenters. The van der Waals surface area contributed by atoms with Crippen LogP contribution >= 0.6 is 0 Å². The first-order valence-electron chi connectivity index (χ1n) is 18.8. The highest BCUT2D eigenvalue weighted by molar-refractivity contribution is 6.29. The Balaban J connectivity index is 0.000000145. The van der Waals surface area contributed by atoms with Crippen molar-refractivity contribution >= 4 is 64.1 Å². The molecule has 58 heavy (non-hydrogen) atoms. The molecule has 1 fully saturated rings. The predicted octanol–water partition coefficient (Wildman–Crippen LogP) is 5.69. The van der Waals surface area contributed by atoms with Gasteiger partial charge >= 0.3 is 0 Å². The zero-order valence-electron chi connectivity index (χ0n) is 31.7. The second-order valence-corrected chi connectivity index (χ2v) is 13.6. The van der Waals surface area contributed by atoms with Gasteiger partial charge in [0.15, 0.2) is 6.23 Å². The lowest BCUT2D eigenvalue weighted by molar-refractivity contribution is -0.121. The number of amides is 7. The van der Waals surface area contributed by atoms with Crippen LogP contribution in [-0.4, -0.2) is 53.7 Å². The van der Waals surface area contributed by atoms with Crippen LogP contribution in [0.4, 0.5) is 22.7 Å². The molecule has 1 saturated heterocycles. The molecule has 7 amide bonds. The minimum Gasteiger partial charge on any atom is -0.343 e. The molecule has 5 aliphatic heterocycles. The van der Waals surface area contributed by atoms with E-state index in [2.05, 4.69) is 13.8 Å². The maximum Gasteiger partial charge on any atom is 0.258 e. The Morgan fingerprint density at radius 1 is 0.397 bits per heavy atom. The first-order valence-corrected chi connectivity index (χ1v) is 18.8. The first kappa shape index (κ1) is 38.9. The maximum absolute atomic E-state index is 12.1. The summed E-state index contributed by atoms with van der Waals surface area (Å²) >= 11 is 0. The molecule has 0 saturated carbocycles. The fourth-order valence-electron chi connectivity index (χ4n) is 6.62. The third kappa shape index (κ3) is 8.42. The maximum atomic E-state index is 12.1. The van der Waals surface area contributed by atoms with Gasteiger partial charge in [-0.05, 0) is 96.1 Å². The van der Waals surface area contributed by atoms with E-state index in [4.69, 9.17) is 4.74 Å². The number of anilines is 4. The summed E-state index contributed by atoms with van der Waals surface area (Å²) in [6.45, 7) is 4.12. The van der Waals surface area contributed by atoms with Gasteiger partial charge < -0.3 is 4.74 Å². The van der Waals surface area contributed by atoms with Crippen LogP contribution in [-0.2, 0) is 57.6 Å². The van der Waals surface area contributed by atoms with Gasteiger partial charge in [-0.15, -0.1) is 0 Å². The largest absolute Gasteiger partial charge is 0.343 e. The highest BCUT2D eigenvalue weighted by Gasteiger charge is 2.47. The molecule has 12 heteroatoms. The molecule has 2 atom stereocenters. The molecule has 0 spiro atoms. The van der Waals surface area contributed by atoms with Crippen LogP contribution in [0, 0.1) is 0 Å². The SMILES string of the molecule is CCc1ccc(N2C(=O)C=CC2=O)cc1.CCc1ccc(N2C(=O)C=CC2=O)cc1.O=C1C=CC(=O)N1c1ccc(Cc2ccc(N3C(=O)C=CC4OC43)cc2)cc1. The van der Waals surface area contributed by atoms with E-state index in [9.17, 15) is 33.6 Å². The monoisotopic (exact) mass is 774 g/mol. The number of hydrogen-bond donors (Lipinski definition) is 0. The van der Waals surface area contributed by atoms with Gasteiger partial charge in [0.25, 0.3) is 41.4 Å². The average Bonchev–Trinajstić information content (AvgIpc) is 3.69. The summed E-state index contributed by atoms with van der Waals surface area (Å²) < 4.78 is 5.47. The van der Waals surface area contributed by atoms with E-state index in [-0.39, 0.29) is 53.7 Å². The van der Waals surface area contributed by atoms with Crippen molar-refractivity contribution in [1.82, 2.24) is 0 Å². The highest BCUT2D eigenvalue weighted by atomic mass is 16.6. The summed E-state index contributed by atoms with van der Waals surface area (Å²) in [5.41, 5.74) is 7.18. The van der Waals surface area contributed by atoms with Gasteiger partial charge in [0.2, 0.25) is 0 Å². The van der Waals surface area contributed by atoms with Crippen molar-refractivity contribution < 1.29 is 38.3 Å². The molecule has 0 aromatic heterocycles. The number of fused-ring (bicyclic) bond motifs is 1. The standard InChI is InChI=1S/C22H16N2O4.2C12H11NO2/c25-19-11-12-20(26)23(19)16-5-1-14(2-6-16)13-15-3-7-17(8-4-15)24-21(27)10-9-18-22(24)28-18;2*1-2-9-3-5-10(6-4-9)13-11(14)7-8-12(13)15/h1-12,18,22H,13H2;2*3-8H,2H2,1H3. The minimum absolute atomic E-state index is 0.0143. The molecule has 290 valence electrons. The predicted molar refractivity (Wildman–Crippen MR) is 218 cm³/mol. The first-order chi connectivity index (χ1) is 28.0. The van der Waals surface area contributed by atoms with Gasteiger partial charge in [-0.2, -0.15) is 0 Å². The number of aryl methyl sites for hydroxylation is 2. The summed E-state index contributed by atoms with van der Waals surface area (Å²) in [5, 5.41) is 0. The van der Waals surface area contributed by atoms with E-state index < -0.39 is 0 Å². The summed E-state index contributed by atoms with van der Waals surface area (Å²) in [6.07, 6.45) is 13.5. The molecule has 0 aliphatic carbocycles. The Hall–Kier alpha value is -7.31. The molecule has 0 radical (unpaired) electrons. The Bertz CT molecular complexity index is 2270. The molecule has 0 bridgehead atoms. The number of imide groups is 3. The van der Waals surface area contributed by atoms with Crippen LogP contribution in [0.25, 0.3) is 0 Å². The van der Waals surface area contributed by atoms with Crippen LogP contribution in [0.2, 0.25) is 0 Å². The lowest BCUT2D eigenvalue weighted by Gasteiger charge is -2.21. The van der Waals surface area contributed by atoms with Gasteiger partial charge in [0.1, 0.15) is 6.10 Å². The number of ether oxygens (including phenoxy) is 1. The second kappa shape index (κ2) is 16.8. The zero-order valence-corrected chi connectivity index (χ0v) is 31.7. The van der Waals surface area contributed by atoms with Crippen LogP contribution in [0.15, 0.2) is 146 Å². The van der Waals surface area contributed by atoms with E-state index in [1.807, 2.05) is 60.7 Å². The Labute approximate surface area is 334 Å². The summed E-state index contributed by atoms with van der Waals surface area (Å²) in [5.74, 6) is -1.81. The van der Waals surface area contributed by atoms with Crippen molar-refractivity contribution in [2.75, 3.05) is 19.6 Å². The van der Waals surface area contributed by atoms with Crippen molar-refractivity contribution in [2.24, 2.45) is 0 Å². The number of carbonyl (C=O) groups excluding carboxylic acids is 7. The normalized spacial score (nSPS) is 18.8. The van der Waals surface area contributed by atoms with Crippen LogP contribution < -0.4 is 19.6 Å². The van der Waals surface area contributed by atoms with Gasteiger partial charge in [-0.1, -0.05) is 62.4 Å². The van der Waals surface area contributed by atoms with Gasteiger partial charge in [0, 0.05) is 48.2 Å². The van der Waals surface area contributed by atoms with Gasteiger partial charge in [-0.25, -0.2) is 14.7 Å². The second-order valence-electron chi connectivity index (χ2n) is 13.6. The Morgan fingerprint density at radius 3 is 1.03 bits per heavy atom. The fourth-order valence-corrected chi connectivity index (χ4v) is 6.62. The van der Waals surface area contributed by atoms with Gasteiger partial charge in [0.05, 0.1) is 17.1 Å². The Morgan fingerprint density at radius 2 is 0.707 bits per heavy atom. The number of hydrogen-bond acceptors (Lipinski definition) is 8. The number of rotatable bonds is 8. The third-order valence-electron chi connectivity index (χ3n) is 9.87. The lowest BCUT2D eigenvalue weighted by Crippen LogP contribution is -2.35. The summed E-state index contributed by atoms with van der Waals surface area (Å²) in [7, 11) is 0. The molecule has 0 N–H and O–H groups in total. The quantitative estimate of drug-likeness (QED) is 0.164. The van der Waals surface area contributed by atoms with Crippen molar-refractivity contribution in [2.45, 2.75) is 45.4 Å². The smallest absolute Gasteiger partial charge is 0.258 e. The van der Waals surface area contributed by atoms with Crippen LogP contribution in [0.3, 0.4) is 0 Å². The molecule has 4 aromatic carbocycles. The van der Waals surface area contributed by atoms with E-state index >= 15 is 0 Å². The van der Waals surface area contributed by atoms with Crippen molar-refractivity contribution in [1.29, 1.82) is 0 Å². The van der Waals surface area contributed by atoms with E-state index in [1.54, 1.807) is 53.5 Å². The molecular formula is C46H38N4O8. The number of epoxide rings is 1. The fraction of sp³-hybridized carbons (Fsp3) is 0.152. The molecule has 12 nitrogen and oxygen atoms in total. The molecule has 5 heterocycles. The van der Waals surface area contributed by atoms with Crippen LogP contribution in [0.1, 0.15) is 36.1 Å².